The van der Waals surface area contributed by atoms with E-state index in [0.717, 1.165) is 11.1 Å². The lowest BCUT2D eigenvalue weighted by Crippen LogP contribution is -2.60. The van der Waals surface area contributed by atoms with Crippen molar-refractivity contribution in [3.63, 3.8) is 0 Å². The quantitative estimate of drug-likeness (QED) is 0.166. The first kappa shape index (κ1) is 44.9. The van der Waals surface area contributed by atoms with Crippen LogP contribution in [0.25, 0.3) is 0 Å². The zero-order valence-electron chi connectivity index (χ0n) is 35.0. The van der Waals surface area contributed by atoms with E-state index in [4.69, 9.17) is 27.9 Å². The zero-order chi connectivity index (χ0) is 43.0. The summed E-state index contributed by atoms with van der Waals surface area (Å²) < 4.78 is 5.67. The Balaban J connectivity index is 1.30. The van der Waals surface area contributed by atoms with Crippen LogP contribution in [0.1, 0.15) is 100 Å². The molecular weight excluding hydrogens is 779 g/mol. The Kier molecular flexibility index (Phi) is 13.3. The minimum atomic E-state index is -1.20. The fourth-order valence-electron chi connectivity index (χ4n) is 8.51. The number of carbonyl (C=O) groups excluding carboxylic acids is 4. The number of rotatable bonds is 11. The summed E-state index contributed by atoms with van der Waals surface area (Å²) in [6.45, 7) is 16.1. The van der Waals surface area contributed by atoms with Gasteiger partial charge in [-0.2, -0.15) is 0 Å². The molecule has 3 aromatic carbocycles. The summed E-state index contributed by atoms with van der Waals surface area (Å²) >= 11 is 12.2. The number of ether oxygens (including phenoxy) is 1. The molecule has 2 fully saturated rings. The fraction of sp³-hybridized carbons (Fsp3) is 0.511. The van der Waals surface area contributed by atoms with Gasteiger partial charge in [0, 0.05) is 47.1 Å². The number of benzene rings is 3. The number of nitrogens with zero attached hydrogens (tertiary/aromatic N) is 2. The smallest absolute Gasteiger partial charge is 0.255 e. The van der Waals surface area contributed by atoms with Crippen LogP contribution in [-0.4, -0.2) is 89.0 Å². The van der Waals surface area contributed by atoms with E-state index in [1.54, 1.807) is 64.4 Å². The fourth-order valence-corrected chi connectivity index (χ4v) is 8.77. The van der Waals surface area contributed by atoms with Gasteiger partial charge in [-0.3, -0.25) is 19.2 Å². The molecule has 0 aliphatic carbocycles. The normalized spacial score (nSPS) is 22.6. The van der Waals surface area contributed by atoms with Crippen molar-refractivity contribution >= 4 is 46.8 Å². The lowest BCUT2D eigenvalue weighted by Gasteiger charge is -2.51. The second kappa shape index (κ2) is 17.2. The highest BCUT2D eigenvalue weighted by Crippen LogP contribution is 2.47. The third kappa shape index (κ3) is 8.74. The SMILES string of the molecule is COc1c(C(=O)NC(C(=O)N2CC[C@@](O)(c3ccc(Cl)cc3)C(C)(C)C2)C(C)C)cccc1C(=O)N[C@@H](C(=O)N1CC[C@](O)(c2ccc(Cl)cc2)C(C)(C)C1)C(C)C. The summed E-state index contributed by atoms with van der Waals surface area (Å²) in [5.41, 5.74) is -2.31. The van der Waals surface area contributed by atoms with Crippen LogP contribution in [0.2, 0.25) is 10.0 Å². The van der Waals surface area contributed by atoms with Gasteiger partial charge in [0.05, 0.1) is 29.4 Å². The second-order valence-electron chi connectivity index (χ2n) is 17.8. The van der Waals surface area contributed by atoms with E-state index in [0.29, 0.717) is 10.0 Å². The predicted molar refractivity (Wildman–Crippen MR) is 226 cm³/mol. The maximum absolute atomic E-state index is 14.1. The van der Waals surface area contributed by atoms with Crippen LogP contribution in [0.5, 0.6) is 5.75 Å². The van der Waals surface area contributed by atoms with Crippen LogP contribution in [-0.2, 0) is 20.8 Å². The highest BCUT2D eigenvalue weighted by Gasteiger charge is 2.52. The van der Waals surface area contributed by atoms with E-state index >= 15 is 0 Å². The number of piperidine rings is 2. The first-order valence-electron chi connectivity index (χ1n) is 19.9. The monoisotopic (exact) mass is 836 g/mol. The number of likely N-dealkylation sites (tertiary alicyclic amines) is 2. The molecule has 2 saturated heterocycles. The molecule has 4 N–H and O–H groups in total. The summed E-state index contributed by atoms with van der Waals surface area (Å²) in [6, 6.07) is 16.9. The van der Waals surface area contributed by atoms with Gasteiger partial charge in [-0.25, -0.2) is 0 Å². The molecule has 0 aromatic heterocycles. The summed E-state index contributed by atoms with van der Waals surface area (Å²) in [6.07, 6.45) is 0.580. The molecular formula is C45H58Cl2N4O7. The van der Waals surface area contributed by atoms with Gasteiger partial charge in [0.1, 0.15) is 17.8 Å². The molecule has 11 nitrogen and oxygen atoms in total. The van der Waals surface area contributed by atoms with Gasteiger partial charge in [-0.1, -0.05) is 109 Å². The lowest BCUT2D eigenvalue weighted by molar-refractivity contribution is -0.156. The molecule has 314 valence electrons. The van der Waals surface area contributed by atoms with Crippen LogP contribution < -0.4 is 15.4 Å². The number of hydrogen-bond donors (Lipinski definition) is 4. The Labute approximate surface area is 352 Å². The van der Waals surface area contributed by atoms with Gasteiger partial charge < -0.3 is 35.4 Å². The Morgan fingerprint density at radius 2 is 0.983 bits per heavy atom. The number of halogens is 2. The van der Waals surface area contributed by atoms with E-state index in [-0.39, 0.29) is 79.5 Å². The number of amides is 4. The zero-order valence-corrected chi connectivity index (χ0v) is 36.5. The third-order valence-corrected chi connectivity index (χ3v) is 12.8. The molecule has 4 amide bonds. The van der Waals surface area contributed by atoms with Crippen molar-refractivity contribution in [3.05, 3.63) is 99.0 Å². The Hall–Kier alpha value is -4.16. The summed E-state index contributed by atoms with van der Waals surface area (Å²) in [4.78, 5) is 59.6. The third-order valence-electron chi connectivity index (χ3n) is 12.3. The maximum atomic E-state index is 14.1. The largest absolute Gasteiger partial charge is 0.495 e. The van der Waals surface area contributed by atoms with E-state index in [9.17, 15) is 29.4 Å². The van der Waals surface area contributed by atoms with E-state index < -0.39 is 45.9 Å². The molecule has 13 heteroatoms. The molecule has 2 aliphatic heterocycles. The first-order chi connectivity index (χ1) is 27.1. The molecule has 0 radical (unpaired) electrons. The number of para-hydroxylation sites is 1. The van der Waals surface area contributed by atoms with Gasteiger partial charge in [-0.05, 0) is 72.2 Å². The second-order valence-corrected chi connectivity index (χ2v) is 18.7. The maximum Gasteiger partial charge on any atom is 0.255 e. The Morgan fingerprint density at radius 1 is 0.638 bits per heavy atom. The molecule has 5 rings (SSSR count). The van der Waals surface area contributed by atoms with Crippen LogP contribution in [0.4, 0.5) is 0 Å². The van der Waals surface area contributed by atoms with Crippen molar-refractivity contribution in [2.24, 2.45) is 22.7 Å². The first-order valence-corrected chi connectivity index (χ1v) is 20.7. The van der Waals surface area contributed by atoms with Crippen LogP contribution in [0.3, 0.4) is 0 Å². The average Bonchev–Trinajstić information content (AvgIpc) is 3.17. The lowest BCUT2D eigenvalue weighted by atomic mass is 9.66. The molecule has 0 saturated carbocycles. The molecule has 1 unspecified atom stereocenters. The number of carbonyl (C=O) groups is 4. The minimum Gasteiger partial charge on any atom is -0.495 e. The highest BCUT2D eigenvalue weighted by molar-refractivity contribution is 6.30. The minimum absolute atomic E-state index is 0.00155. The van der Waals surface area contributed by atoms with E-state index in [1.807, 2.05) is 55.4 Å². The molecule has 2 aliphatic rings. The van der Waals surface area contributed by atoms with Crippen LogP contribution in [0, 0.1) is 22.7 Å². The number of nitrogens with one attached hydrogen (secondary N) is 2. The van der Waals surface area contributed by atoms with Gasteiger partial charge in [-0.15, -0.1) is 0 Å². The predicted octanol–water partition coefficient (Wildman–Crippen LogP) is 6.80. The molecule has 0 spiro atoms. The Morgan fingerprint density at radius 3 is 1.28 bits per heavy atom. The number of aliphatic hydroxyl groups is 2. The summed E-state index contributed by atoms with van der Waals surface area (Å²) in [5.74, 6) is -2.37. The van der Waals surface area contributed by atoms with Crippen molar-refractivity contribution in [1.82, 2.24) is 20.4 Å². The highest BCUT2D eigenvalue weighted by atomic mass is 35.5. The van der Waals surface area contributed by atoms with Gasteiger partial charge in [0.2, 0.25) is 11.8 Å². The van der Waals surface area contributed by atoms with Gasteiger partial charge >= 0.3 is 0 Å². The van der Waals surface area contributed by atoms with E-state index in [1.165, 1.54) is 19.2 Å². The van der Waals surface area contributed by atoms with Gasteiger partial charge in [0.15, 0.2) is 0 Å². The van der Waals surface area contributed by atoms with E-state index in [2.05, 4.69) is 10.6 Å². The molecule has 58 heavy (non-hydrogen) atoms. The van der Waals surface area contributed by atoms with Crippen LogP contribution >= 0.6 is 23.2 Å². The van der Waals surface area contributed by atoms with Crippen molar-refractivity contribution < 1.29 is 34.1 Å². The van der Waals surface area contributed by atoms with Crippen molar-refractivity contribution in [3.8, 4) is 5.75 Å². The van der Waals surface area contributed by atoms with Crippen molar-refractivity contribution in [2.45, 2.75) is 91.5 Å². The molecule has 3 aromatic rings. The number of hydrogen-bond acceptors (Lipinski definition) is 7. The molecule has 0 bridgehead atoms. The standard InChI is InChI=1S/C45H58Cl2N4O7/c1-27(2)35(40(54)50-23-21-44(56,42(5,6)25-50)29-13-17-31(46)18-14-29)48-38(52)33-11-10-12-34(37(33)58-9)39(53)49-36(28(3)4)41(55)51-24-22-45(57,43(7,8)26-51)30-15-19-32(47)20-16-30/h10-20,27-28,35-36,56-57H,21-26H2,1-9H3,(H,48,52)(H,49,53)/t35-,36?,44+,45-/m1/s1. The van der Waals surface area contributed by atoms with Crippen molar-refractivity contribution in [2.75, 3.05) is 33.3 Å². The number of methoxy groups -OCH3 is 1. The molecule has 4 atom stereocenters. The molecule has 2 heterocycles. The summed E-state index contributed by atoms with van der Waals surface area (Å²) in [5, 5.41) is 30.7. The summed E-state index contributed by atoms with van der Waals surface area (Å²) in [7, 11) is 1.36. The average molecular weight is 838 g/mol. The van der Waals surface area contributed by atoms with Crippen molar-refractivity contribution in [1.29, 1.82) is 0 Å². The Bertz CT molecular complexity index is 1860. The van der Waals surface area contributed by atoms with Crippen LogP contribution in [0.15, 0.2) is 66.7 Å². The topological polar surface area (TPSA) is 149 Å². The van der Waals surface area contributed by atoms with Gasteiger partial charge in [0.25, 0.3) is 11.8 Å².